The molecular formula is C17H20N2O4S2. The second-order valence-electron chi connectivity index (χ2n) is 5.35. The summed E-state index contributed by atoms with van der Waals surface area (Å²) in [5.41, 5.74) is 0.915. The third-order valence-electron chi connectivity index (χ3n) is 3.41. The lowest BCUT2D eigenvalue weighted by Crippen LogP contribution is -2.24. The topological polar surface area (TPSA) is 92.3 Å². The summed E-state index contributed by atoms with van der Waals surface area (Å²) >= 11 is 0. The third-order valence-corrected chi connectivity index (χ3v) is 5.83. The molecule has 0 bridgehead atoms. The molecule has 0 fully saturated rings. The fourth-order valence-corrected chi connectivity index (χ4v) is 3.69. The first-order valence-corrected chi connectivity index (χ1v) is 10.7. The molecule has 1 unspecified atom stereocenters. The van der Waals surface area contributed by atoms with Gasteiger partial charge < -0.3 is 5.32 Å². The van der Waals surface area contributed by atoms with Gasteiger partial charge in [0.2, 0.25) is 10.0 Å². The highest BCUT2D eigenvalue weighted by Crippen LogP contribution is 2.15. The molecule has 0 spiro atoms. The Balaban J connectivity index is 2.08. The van der Waals surface area contributed by atoms with Gasteiger partial charge in [-0.25, -0.2) is 13.1 Å². The van der Waals surface area contributed by atoms with E-state index in [1.165, 1.54) is 24.3 Å². The number of carbonyl (C=O) groups excluding carboxylic acids is 1. The highest BCUT2D eigenvalue weighted by molar-refractivity contribution is 7.89. The van der Waals surface area contributed by atoms with Gasteiger partial charge >= 0.3 is 0 Å². The van der Waals surface area contributed by atoms with Crippen LogP contribution in [0.2, 0.25) is 0 Å². The SMILES string of the molecule is CCCNS(=O)(=O)c1ccc(NC(=O)c2ccc(S(C)=O)cc2)cc1. The Hall–Kier alpha value is -2.03. The normalized spacial score (nSPS) is 12.6. The number of hydrogen-bond acceptors (Lipinski definition) is 4. The molecule has 0 heterocycles. The van der Waals surface area contributed by atoms with Crippen LogP contribution in [-0.4, -0.2) is 31.3 Å². The predicted molar refractivity (Wildman–Crippen MR) is 98.6 cm³/mol. The van der Waals surface area contributed by atoms with Crippen molar-refractivity contribution < 1.29 is 17.4 Å². The molecule has 25 heavy (non-hydrogen) atoms. The number of nitrogens with one attached hydrogen (secondary N) is 2. The second kappa shape index (κ2) is 8.37. The molecule has 2 rings (SSSR count). The summed E-state index contributed by atoms with van der Waals surface area (Å²) in [6, 6.07) is 12.4. The van der Waals surface area contributed by atoms with Gasteiger partial charge in [-0.2, -0.15) is 0 Å². The quantitative estimate of drug-likeness (QED) is 0.771. The van der Waals surface area contributed by atoms with Crippen LogP contribution in [0, 0.1) is 0 Å². The van der Waals surface area contributed by atoms with Crippen LogP contribution in [0.4, 0.5) is 5.69 Å². The minimum absolute atomic E-state index is 0.147. The maximum absolute atomic E-state index is 12.2. The van der Waals surface area contributed by atoms with Gasteiger partial charge in [-0.3, -0.25) is 9.00 Å². The van der Waals surface area contributed by atoms with Gasteiger partial charge in [0.05, 0.1) is 4.90 Å². The zero-order chi connectivity index (χ0) is 18.4. The molecule has 0 aliphatic rings. The highest BCUT2D eigenvalue weighted by Gasteiger charge is 2.13. The van der Waals surface area contributed by atoms with Crippen molar-refractivity contribution in [3.63, 3.8) is 0 Å². The lowest BCUT2D eigenvalue weighted by Gasteiger charge is -2.08. The van der Waals surface area contributed by atoms with Crippen molar-refractivity contribution in [2.75, 3.05) is 18.1 Å². The molecule has 0 saturated carbocycles. The maximum atomic E-state index is 12.2. The van der Waals surface area contributed by atoms with E-state index >= 15 is 0 Å². The highest BCUT2D eigenvalue weighted by atomic mass is 32.2. The van der Waals surface area contributed by atoms with Crippen molar-refractivity contribution in [2.45, 2.75) is 23.1 Å². The fourth-order valence-electron chi connectivity index (χ4n) is 2.04. The zero-order valence-corrected chi connectivity index (χ0v) is 15.6. The van der Waals surface area contributed by atoms with E-state index in [-0.39, 0.29) is 10.8 Å². The van der Waals surface area contributed by atoms with E-state index in [1.807, 2.05) is 6.92 Å². The Morgan fingerprint density at radius 1 is 1.04 bits per heavy atom. The van der Waals surface area contributed by atoms with Crippen LogP contribution in [0.25, 0.3) is 0 Å². The minimum Gasteiger partial charge on any atom is -0.322 e. The average molecular weight is 380 g/mol. The van der Waals surface area contributed by atoms with Crippen LogP contribution in [0.3, 0.4) is 0 Å². The molecule has 1 atom stereocenters. The number of carbonyl (C=O) groups is 1. The van der Waals surface area contributed by atoms with Gasteiger partial charge in [0.15, 0.2) is 0 Å². The van der Waals surface area contributed by atoms with Crippen molar-refractivity contribution in [3.8, 4) is 0 Å². The summed E-state index contributed by atoms with van der Waals surface area (Å²) in [4.78, 5) is 13.0. The van der Waals surface area contributed by atoms with Crippen molar-refractivity contribution in [3.05, 3.63) is 54.1 Å². The number of benzene rings is 2. The first-order chi connectivity index (χ1) is 11.8. The first-order valence-electron chi connectivity index (χ1n) is 7.68. The Bertz CT molecular complexity index is 861. The molecule has 0 aliphatic heterocycles. The van der Waals surface area contributed by atoms with E-state index in [2.05, 4.69) is 10.0 Å². The van der Waals surface area contributed by atoms with Gasteiger partial charge in [-0.1, -0.05) is 6.92 Å². The van der Waals surface area contributed by atoms with Crippen molar-refractivity contribution >= 4 is 32.4 Å². The van der Waals surface area contributed by atoms with Crippen LogP contribution in [0.1, 0.15) is 23.7 Å². The van der Waals surface area contributed by atoms with Gasteiger partial charge in [-0.05, 0) is 55.0 Å². The van der Waals surface area contributed by atoms with Gasteiger partial charge in [0, 0.05) is 39.7 Å². The summed E-state index contributed by atoms with van der Waals surface area (Å²) in [5, 5.41) is 2.70. The Labute approximate surface area is 150 Å². The molecular weight excluding hydrogens is 360 g/mol. The molecule has 134 valence electrons. The number of rotatable bonds is 7. The first kappa shape index (κ1) is 19.3. The molecule has 0 aromatic heterocycles. The van der Waals surface area contributed by atoms with E-state index in [9.17, 15) is 17.4 Å². The smallest absolute Gasteiger partial charge is 0.255 e. The summed E-state index contributed by atoms with van der Waals surface area (Å²) in [5.74, 6) is -0.326. The van der Waals surface area contributed by atoms with Gasteiger partial charge in [-0.15, -0.1) is 0 Å². The Morgan fingerprint density at radius 2 is 1.64 bits per heavy atom. The molecule has 2 aromatic rings. The number of sulfonamides is 1. The van der Waals surface area contributed by atoms with Gasteiger partial charge in [0.1, 0.15) is 0 Å². The lowest BCUT2D eigenvalue weighted by molar-refractivity contribution is 0.102. The lowest BCUT2D eigenvalue weighted by atomic mass is 10.2. The van der Waals surface area contributed by atoms with Crippen molar-refractivity contribution in [1.29, 1.82) is 0 Å². The predicted octanol–water partition coefficient (Wildman–Crippen LogP) is 2.36. The van der Waals surface area contributed by atoms with Crippen molar-refractivity contribution in [2.24, 2.45) is 0 Å². The average Bonchev–Trinajstić information content (AvgIpc) is 2.60. The Morgan fingerprint density at radius 3 is 2.16 bits per heavy atom. The zero-order valence-electron chi connectivity index (χ0n) is 14.0. The largest absolute Gasteiger partial charge is 0.322 e. The minimum atomic E-state index is -3.52. The molecule has 0 radical (unpaired) electrons. The summed E-state index contributed by atoms with van der Waals surface area (Å²) in [7, 11) is -4.62. The molecule has 2 aromatic carbocycles. The van der Waals surface area contributed by atoms with E-state index in [0.29, 0.717) is 29.1 Å². The van der Waals surface area contributed by atoms with E-state index < -0.39 is 20.8 Å². The Kier molecular flexibility index (Phi) is 6.46. The molecule has 8 heteroatoms. The van der Waals surface area contributed by atoms with Crippen molar-refractivity contribution in [1.82, 2.24) is 4.72 Å². The van der Waals surface area contributed by atoms with Crippen LogP contribution < -0.4 is 10.0 Å². The summed E-state index contributed by atoms with van der Waals surface area (Å²) in [6.07, 6.45) is 2.28. The van der Waals surface area contributed by atoms with Crippen LogP contribution in [0.15, 0.2) is 58.3 Å². The number of hydrogen-bond donors (Lipinski definition) is 2. The molecule has 0 aliphatic carbocycles. The van der Waals surface area contributed by atoms with Gasteiger partial charge in [0.25, 0.3) is 5.91 Å². The van der Waals surface area contributed by atoms with Crippen LogP contribution in [0.5, 0.6) is 0 Å². The number of amides is 1. The fraction of sp³-hybridized carbons (Fsp3) is 0.235. The molecule has 0 saturated heterocycles. The standard InChI is InChI=1S/C17H20N2O4S2/c1-3-12-18-25(22,23)16-10-6-14(7-11-16)19-17(20)13-4-8-15(9-5-13)24(2)21/h4-11,18H,3,12H2,1-2H3,(H,19,20). The van der Waals surface area contributed by atoms with E-state index in [4.69, 9.17) is 0 Å². The molecule has 6 nitrogen and oxygen atoms in total. The van der Waals surface area contributed by atoms with Crippen LogP contribution >= 0.6 is 0 Å². The summed E-state index contributed by atoms with van der Waals surface area (Å²) < 4.78 is 37.9. The van der Waals surface area contributed by atoms with Crippen LogP contribution in [-0.2, 0) is 20.8 Å². The monoisotopic (exact) mass is 380 g/mol. The summed E-state index contributed by atoms with van der Waals surface area (Å²) in [6.45, 7) is 2.26. The molecule has 1 amide bonds. The maximum Gasteiger partial charge on any atom is 0.255 e. The van der Waals surface area contributed by atoms with E-state index in [1.54, 1.807) is 30.5 Å². The number of anilines is 1. The third kappa shape index (κ3) is 5.22. The second-order valence-corrected chi connectivity index (χ2v) is 8.50. The molecule has 2 N–H and O–H groups in total. The van der Waals surface area contributed by atoms with E-state index in [0.717, 1.165) is 0 Å².